The number of esters is 1. The molecule has 3 nitrogen and oxygen atoms in total. The van der Waals surface area contributed by atoms with Gasteiger partial charge in [0.2, 0.25) is 0 Å². The van der Waals surface area contributed by atoms with Crippen molar-refractivity contribution in [3.63, 3.8) is 0 Å². The van der Waals surface area contributed by atoms with Crippen molar-refractivity contribution >= 4 is 27.6 Å². The van der Waals surface area contributed by atoms with Crippen LogP contribution in [0.3, 0.4) is 0 Å². The van der Waals surface area contributed by atoms with Crippen LogP contribution in [-0.4, -0.2) is 26.2 Å². The summed E-state index contributed by atoms with van der Waals surface area (Å²) in [6.07, 6.45) is 0.587. The Labute approximate surface area is 112 Å². The first kappa shape index (κ1) is 13.3. The van der Waals surface area contributed by atoms with Crippen molar-refractivity contribution in [1.29, 1.82) is 0 Å². The van der Waals surface area contributed by atoms with Crippen LogP contribution in [0.2, 0.25) is 0 Å². The van der Waals surface area contributed by atoms with Crippen LogP contribution in [-0.2, 0) is 9.53 Å². The maximum absolute atomic E-state index is 13.7. The fraction of sp³-hybridized carbons (Fsp3) is 0.417. The first-order chi connectivity index (χ1) is 8.52. The molecule has 2 rings (SSSR count). The molecule has 1 atom stereocenters. The predicted octanol–water partition coefficient (Wildman–Crippen LogP) is 2.73. The first-order valence-corrected chi connectivity index (χ1v) is 6.29. The van der Waals surface area contributed by atoms with Crippen LogP contribution in [0.25, 0.3) is 0 Å². The summed E-state index contributed by atoms with van der Waals surface area (Å²) in [5.41, 5.74) is 0.183. The Morgan fingerprint density at radius 3 is 2.83 bits per heavy atom. The van der Waals surface area contributed by atoms with Gasteiger partial charge in [-0.1, -0.05) is 0 Å². The second-order valence-electron chi connectivity index (χ2n) is 4.17. The van der Waals surface area contributed by atoms with Crippen LogP contribution in [0.1, 0.15) is 6.42 Å². The summed E-state index contributed by atoms with van der Waals surface area (Å²) in [6.45, 7) is 0.864. The van der Waals surface area contributed by atoms with Crippen LogP contribution in [0, 0.1) is 17.6 Å². The fourth-order valence-electron chi connectivity index (χ4n) is 2.09. The van der Waals surface area contributed by atoms with E-state index >= 15 is 0 Å². The van der Waals surface area contributed by atoms with Crippen molar-refractivity contribution in [3.05, 3.63) is 28.2 Å². The lowest BCUT2D eigenvalue weighted by molar-refractivity contribution is -0.144. The molecule has 18 heavy (non-hydrogen) atoms. The van der Waals surface area contributed by atoms with E-state index in [-0.39, 0.29) is 22.0 Å². The van der Waals surface area contributed by atoms with Crippen molar-refractivity contribution in [2.45, 2.75) is 6.42 Å². The minimum absolute atomic E-state index is 0.0902. The smallest absolute Gasteiger partial charge is 0.310 e. The second-order valence-corrected chi connectivity index (χ2v) is 5.03. The SMILES string of the molecule is COC(=O)[C@H]1CCN(c2cc(F)c(Br)cc2F)C1. The number of rotatable bonds is 2. The molecule has 0 unspecified atom stereocenters. The van der Waals surface area contributed by atoms with Gasteiger partial charge in [-0.15, -0.1) is 0 Å². The topological polar surface area (TPSA) is 29.5 Å². The Morgan fingerprint density at radius 1 is 1.44 bits per heavy atom. The van der Waals surface area contributed by atoms with Gasteiger partial charge in [-0.25, -0.2) is 8.78 Å². The molecule has 0 N–H and O–H groups in total. The average molecular weight is 320 g/mol. The Morgan fingerprint density at radius 2 is 2.17 bits per heavy atom. The number of nitrogens with zero attached hydrogens (tertiary/aromatic N) is 1. The largest absolute Gasteiger partial charge is 0.469 e. The summed E-state index contributed by atoms with van der Waals surface area (Å²) in [5.74, 6) is -1.61. The Bertz CT molecular complexity index is 481. The van der Waals surface area contributed by atoms with Crippen molar-refractivity contribution in [1.82, 2.24) is 0 Å². The molecule has 1 aromatic carbocycles. The lowest BCUT2D eigenvalue weighted by atomic mass is 10.1. The van der Waals surface area contributed by atoms with Gasteiger partial charge in [0, 0.05) is 19.2 Å². The van der Waals surface area contributed by atoms with E-state index in [0.29, 0.717) is 19.5 Å². The lowest BCUT2D eigenvalue weighted by Crippen LogP contribution is -2.24. The van der Waals surface area contributed by atoms with E-state index in [0.717, 1.165) is 12.1 Å². The third-order valence-electron chi connectivity index (χ3n) is 3.05. The van der Waals surface area contributed by atoms with Gasteiger partial charge in [0.25, 0.3) is 0 Å². The highest BCUT2D eigenvalue weighted by atomic mass is 79.9. The Balaban J connectivity index is 2.19. The van der Waals surface area contributed by atoms with Crippen LogP contribution in [0.5, 0.6) is 0 Å². The predicted molar refractivity (Wildman–Crippen MR) is 66.4 cm³/mol. The molecule has 1 heterocycles. The van der Waals surface area contributed by atoms with Gasteiger partial charge < -0.3 is 9.64 Å². The van der Waals surface area contributed by atoms with Crippen molar-refractivity contribution < 1.29 is 18.3 Å². The molecule has 0 radical (unpaired) electrons. The molecular weight excluding hydrogens is 308 g/mol. The molecule has 0 aliphatic carbocycles. The zero-order valence-corrected chi connectivity index (χ0v) is 11.3. The van der Waals surface area contributed by atoms with E-state index in [1.165, 1.54) is 7.11 Å². The highest BCUT2D eigenvalue weighted by Gasteiger charge is 2.30. The Kier molecular flexibility index (Phi) is 3.85. The van der Waals surface area contributed by atoms with Gasteiger partial charge in [0.1, 0.15) is 11.6 Å². The second kappa shape index (κ2) is 5.22. The molecule has 1 saturated heterocycles. The number of hydrogen-bond donors (Lipinski definition) is 0. The monoisotopic (exact) mass is 319 g/mol. The maximum Gasteiger partial charge on any atom is 0.310 e. The van der Waals surface area contributed by atoms with Crippen molar-refractivity contribution in [2.24, 2.45) is 5.92 Å². The van der Waals surface area contributed by atoms with Gasteiger partial charge in [-0.05, 0) is 28.4 Å². The fourth-order valence-corrected chi connectivity index (χ4v) is 2.41. The van der Waals surface area contributed by atoms with E-state index in [4.69, 9.17) is 0 Å². The molecule has 98 valence electrons. The Hall–Kier alpha value is -1.17. The number of benzene rings is 1. The van der Waals surface area contributed by atoms with Gasteiger partial charge >= 0.3 is 5.97 Å². The summed E-state index contributed by atoms with van der Waals surface area (Å²) in [5, 5.41) is 0. The summed E-state index contributed by atoms with van der Waals surface area (Å²) >= 11 is 2.93. The quantitative estimate of drug-likeness (QED) is 0.620. The summed E-state index contributed by atoms with van der Waals surface area (Å²) in [7, 11) is 1.32. The minimum atomic E-state index is -0.520. The molecule has 0 bridgehead atoms. The van der Waals surface area contributed by atoms with Crippen LogP contribution >= 0.6 is 15.9 Å². The summed E-state index contributed by atoms with van der Waals surface area (Å²) in [4.78, 5) is 13.0. The van der Waals surface area contributed by atoms with E-state index < -0.39 is 11.6 Å². The number of carbonyl (C=O) groups is 1. The molecule has 0 spiro atoms. The zero-order chi connectivity index (χ0) is 13.3. The lowest BCUT2D eigenvalue weighted by Gasteiger charge is -2.19. The number of methoxy groups -OCH3 is 1. The van der Waals surface area contributed by atoms with E-state index in [1.807, 2.05) is 0 Å². The van der Waals surface area contributed by atoms with Crippen molar-refractivity contribution in [3.8, 4) is 0 Å². The highest BCUT2D eigenvalue weighted by molar-refractivity contribution is 9.10. The molecule has 1 aliphatic rings. The highest BCUT2D eigenvalue weighted by Crippen LogP contribution is 2.30. The molecule has 6 heteroatoms. The molecular formula is C12H12BrF2NO2. The number of halogens is 3. The van der Waals surface area contributed by atoms with E-state index in [2.05, 4.69) is 20.7 Å². The van der Waals surface area contributed by atoms with Crippen LogP contribution in [0.15, 0.2) is 16.6 Å². The third kappa shape index (κ3) is 2.48. The molecule has 1 fully saturated rings. The summed E-state index contributed by atoms with van der Waals surface area (Å²) in [6, 6.07) is 2.23. The van der Waals surface area contributed by atoms with Crippen molar-refractivity contribution in [2.75, 3.05) is 25.1 Å². The van der Waals surface area contributed by atoms with Crippen LogP contribution in [0.4, 0.5) is 14.5 Å². The number of hydrogen-bond acceptors (Lipinski definition) is 3. The summed E-state index contributed by atoms with van der Waals surface area (Å²) < 4.78 is 31.9. The standard InChI is InChI=1S/C12H12BrF2NO2/c1-18-12(17)7-2-3-16(6-7)11-5-9(14)8(13)4-10(11)15/h4-5,7H,2-3,6H2,1H3/t7-/m0/s1. The van der Waals surface area contributed by atoms with E-state index in [9.17, 15) is 13.6 Å². The van der Waals surface area contributed by atoms with Crippen LogP contribution < -0.4 is 4.90 Å². The van der Waals surface area contributed by atoms with Gasteiger partial charge in [-0.3, -0.25) is 4.79 Å². The van der Waals surface area contributed by atoms with Gasteiger partial charge in [0.05, 0.1) is 23.2 Å². The molecule has 1 aliphatic heterocycles. The first-order valence-electron chi connectivity index (χ1n) is 5.50. The molecule has 0 amide bonds. The maximum atomic E-state index is 13.7. The minimum Gasteiger partial charge on any atom is -0.469 e. The van der Waals surface area contributed by atoms with Gasteiger partial charge in [-0.2, -0.15) is 0 Å². The number of anilines is 1. The van der Waals surface area contributed by atoms with E-state index in [1.54, 1.807) is 4.90 Å². The number of ether oxygens (including phenoxy) is 1. The molecule has 1 aromatic rings. The molecule has 0 saturated carbocycles. The zero-order valence-electron chi connectivity index (χ0n) is 9.75. The number of carbonyl (C=O) groups excluding carboxylic acids is 1. The average Bonchev–Trinajstić information content (AvgIpc) is 2.82. The van der Waals surface area contributed by atoms with Gasteiger partial charge in [0.15, 0.2) is 0 Å². The normalized spacial score (nSPS) is 19.1. The third-order valence-corrected chi connectivity index (χ3v) is 3.66. The molecule has 0 aromatic heterocycles.